The van der Waals surface area contributed by atoms with Gasteiger partial charge < -0.3 is 24.6 Å². The monoisotopic (exact) mass is 445 g/mol. The number of hydrogen-bond acceptors (Lipinski definition) is 5. The van der Waals surface area contributed by atoms with Crippen LogP contribution in [0.15, 0.2) is 30.3 Å². The van der Waals surface area contributed by atoms with Crippen LogP contribution in [-0.2, 0) is 0 Å². The lowest BCUT2D eigenvalue weighted by Gasteiger charge is -2.35. The van der Waals surface area contributed by atoms with Gasteiger partial charge in [-0.3, -0.25) is 4.79 Å². The molecule has 1 aliphatic rings. The Bertz CT molecular complexity index is 925. The van der Waals surface area contributed by atoms with E-state index in [1.807, 2.05) is 12.1 Å². The van der Waals surface area contributed by atoms with Gasteiger partial charge in [-0.15, -0.1) is 0 Å². The number of aryl methyl sites for hydroxylation is 1. The van der Waals surface area contributed by atoms with Crippen LogP contribution in [-0.4, -0.2) is 57.8 Å². The third-order valence-electron chi connectivity index (χ3n) is 5.35. The average molecular weight is 446 g/mol. The summed E-state index contributed by atoms with van der Waals surface area (Å²) < 4.78 is 11.2. The highest BCUT2D eigenvalue weighted by molar-refractivity contribution is 6.32. The fourth-order valence-corrected chi connectivity index (χ4v) is 3.84. The minimum atomic E-state index is -0.248. The van der Waals surface area contributed by atoms with Crippen molar-refractivity contribution in [1.29, 1.82) is 0 Å². The van der Waals surface area contributed by atoms with Crippen molar-refractivity contribution in [3.8, 4) is 11.5 Å². The van der Waals surface area contributed by atoms with Gasteiger partial charge in [0.1, 0.15) is 0 Å². The van der Waals surface area contributed by atoms with Crippen molar-refractivity contribution in [2.45, 2.75) is 20.8 Å². The van der Waals surface area contributed by atoms with Crippen LogP contribution in [0.3, 0.4) is 0 Å². The molecule has 1 fully saturated rings. The molecule has 1 amide bonds. The number of anilines is 2. The number of benzene rings is 2. The molecule has 1 N–H and O–H groups in total. The largest absolute Gasteiger partial charge is 0.493 e. The molecule has 0 atom stereocenters. The number of nitrogens with one attached hydrogen (secondary N) is 1. The zero-order valence-corrected chi connectivity index (χ0v) is 19.8. The molecule has 2 aromatic carbocycles. The number of ether oxygens (including phenoxy) is 2. The SMILES string of the molecule is COc1cc(C(=O)Nc2ccc(N3CCN(C)CC3)c(C)c2)cc(Cl)c1OCC(C)C. The van der Waals surface area contributed by atoms with Crippen LogP contribution in [0.5, 0.6) is 11.5 Å². The maximum atomic E-state index is 12.9. The fraction of sp³-hybridized carbons (Fsp3) is 0.458. The van der Waals surface area contributed by atoms with E-state index in [-0.39, 0.29) is 5.91 Å². The van der Waals surface area contributed by atoms with Crippen molar-refractivity contribution in [1.82, 2.24) is 4.90 Å². The summed E-state index contributed by atoms with van der Waals surface area (Å²) in [4.78, 5) is 17.6. The molecule has 168 valence electrons. The van der Waals surface area contributed by atoms with Gasteiger partial charge in [-0.05, 0) is 55.8 Å². The van der Waals surface area contributed by atoms with Crippen molar-refractivity contribution in [3.05, 3.63) is 46.5 Å². The summed E-state index contributed by atoms with van der Waals surface area (Å²) in [5, 5.41) is 3.32. The van der Waals surface area contributed by atoms with Crippen molar-refractivity contribution < 1.29 is 14.3 Å². The summed E-state index contributed by atoms with van der Waals surface area (Å²) in [6, 6.07) is 9.29. The highest BCUT2D eigenvalue weighted by Gasteiger charge is 2.18. The third kappa shape index (κ3) is 5.83. The quantitative estimate of drug-likeness (QED) is 0.669. The summed E-state index contributed by atoms with van der Waals surface area (Å²) >= 11 is 6.39. The Hall–Kier alpha value is -2.44. The van der Waals surface area contributed by atoms with E-state index < -0.39 is 0 Å². The molecule has 2 aromatic rings. The van der Waals surface area contributed by atoms with Crippen molar-refractivity contribution in [2.75, 3.05) is 57.2 Å². The first-order chi connectivity index (χ1) is 14.8. The molecule has 6 nitrogen and oxygen atoms in total. The van der Waals surface area contributed by atoms with Crippen LogP contribution < -0.4 is 19.7 Å². The van der Waals surface area contributed by atoms with Gasteiger partial charge in [-0.25, -0.2) is 0 Å². The van der Waals surface area contributed by atoms with Crippen LogP contribution in [0, 0.1) is 12.8 Å². The Morgan fingerprint density at radius 3 is 2.48 bits per heavy atom. The number of likely N-dealkylation sites (N-methyl/N-ethyl adjacent to an activating group) is 1. The van der Waals surface area contributed by atoms with Gasteiger partial charge in [0.2, 0.25) is 0 Å². The molecule has 0 saturated carbocycles. The molecule has 0 spiro atoms. The van der Waals surface area contributed by atoms with Crippen LogP contribution >= 0.6 is 11.6 Å². The van der Waals surface area contributed by atoms with Gasteiger partial charge in [0, 0.05) is 43.1 Å². The summed E-state index contributed by atoms with van der Waals surface area (Å²) in [6.07, 6.45) is 0. The van der Waals surface area contributed by atoms with E-state index in [1.54, 1.807) is 12.1 Å². The van der Waals surface area contributed by atoms with E-state index in [2.05, 4.69) is 49.0 Å². The molecular weight excluding hydrogens is 414 g/mol. The predicted molar refractivity (Wildman–Crippen MR) is 127 cm³/mol. The molecule has 0 unspecified atom stereocenters. The van der Waals surface area contributed by atoms with Crippen LogP contribution in [0.4, 0.5) is 11.4 Å². The average Bonchev–Trinajstić information content (AvgIpc) is 2.73. The Kier molecular flexibility index (Phi) is 7.68. The Morgan fingerprint density at radius 1 is 1.16 bits per heavy atom. The number of methoxy groups -OCH3 is 1. The number of carbonyl (C=O) groups excluding carboxylic acids is 1. The second-order valence-corrected chi connectivity index (χ2v) is 8.85. The normalized spacial score (nSPS) is 14.6. The molecule has 7 heteroatoms. The first kappa shape index (κ1) is 23.2. The molecule has 0 radical (unpaired) electrons. The first-order valence-electron chi connectivity index (χ1n) is 10.6. The first-order valence-corrected chi connectivity index (χ1v) is 11.0. The minimum Gasteiger partial charge on any atom is -0.493 e. The highest BCUT2D eigenvalue weighted by Crippen LogP contribution is 2.37. The summed E-state index contributed by atoms with van der Waals surface area (Å²) in [5.74, 6) is 1.00. The summed E-state index contributed by atoms with van der Waals surface area (Å²) in [7, 11) is 3.68. The third-order valence-corrected chi connectivity index (χ3v) is 5.63. The van der Waals surface area contributed by atoms with E-state index in [0.29, 0.717) is 34.6 Å². The van der Waals surface area contributed by atoms with Gasteiger partial charge >= 0.3 is 0 Å². The lowest BCUT2D eigenvalue weighted by Crippen LogP contribution is -2.44. The van der Waals surface area contributed by atoms with E-state index >= 15 is 0 Å². The topological polar surface area (TPSA) is 54.0 Å². The number of rotatable bonds is 7. The lowest BCUT2D eigenvalue weighted by molar-refractivity contribution is 0.102. The van der Waals surface area contributed by atoms with E-state index in [4.69, 9.17) is 21.1 Å². The molecule has 0 aromatic heterocycles. The maximum Gasteiger partial charge on any atom is 0.255 e. The standard InChI is InChI=1S/C24H32ClN3O3/c1-16(2)15-31-23-20(25)13-18(14-22(23)30-5)24(29)26-19-6-7-21(17(3)12-19)28-10-8-27(4)9-11-28/h6-7,12-14,16H,8-11,15H2,1-5H3,(H,26,29). The fourth-order valence-electron chi connectivity index (χ4n) is 3.58. The van der Waals surface area contributed by atoms with Gasteiger partial charge in [0.15, 0.2) is 11.5 Å². The van der Waals surface area contributed by atoms with Gasteiger partial charge in [0.05, 0.1) is 18.7 Å². The molecule has 1 saturated heterocycles. The highest BCUT2D eigenvalue weighted by atomic mass is 35.5. The Balaban J connectivity index is 1.73. The van der Waals surface area contributed by atoms with Crippen molar-refractivity contribution >= 4 is 28.9 Å². The van der Waals surface area contributed by atoms with Gasteiger partial charge in [-0.1, -0.05) is 25.4 Å². The molecular formula is C24H32ClN3O3. The smallest absolute Gasteiger partial charge is 0.255 e. The van der Waals surface area contributed by atoms with E-state index in [9.17, 15) is 4.79 Å². The van der Waals surface area contributed by atoms with Crippen molar-refractivity contribution in [2.24, 2.45) is 5.92 Å². The van der Waals surface area contributed by atoms with Crippen LogP contribution in [0.1, 0.15) is 29.8 Å². The van der Waals surface area contributed by atoms with Crippen LogP contribution in [0.25, 0.3) is 0 Å². The lowest BCUT2D eigenvalue weighted by atomic mass is 10.1. The molecule has 0 aliphatic carbocycles. The second-order valence-electron chi connectivity index (χ2n) is 8.44. The zero-order chi connectivity index (χ0) is 22.5. The predicted octanol–water partition coefficient (Wildman–Crippen LogP) is 4.70. The van der Waals surface area contributed by atoms with Gasteiger partial charge in [-0.2, -0.15) is 0 Å². The molecule has 1 heterocycles. The van der Waals surface area contributed by atoms with E-state index in [1.165, 1.54) is 12.8 Å². The molecule has 31 heavy (non-hydrogen) atoms. The summed E-state index contributed by atoms with van der Waals surface area (Å²) in [5.41, 5.74) is 3.51. The molecule has 0 bridgehead atoms. The number of carbonyl (C=O) groups is 1. The van der Waals surface area contributed by atoms with Gasteiger partial charge in [0.25, 0.3) is 5.91 Å². The van der Waals surface area contributed by atoms with Crippen LogP contribution in [0.2, 0.25) is 5.02 Å². The second kappa shape index (κ2) is 10.2. The number of piperazine rings is 1. The maximum absolute atomic E-state index is 12.9. The zero-order valence-electron chi connectivity index (χ0n) is 19.0. The molecule has 3 rings (SSSR count). The van der Waals surface area contributed by atoms with E-state index in [0.717, 1.165) is 37.4 Å². The summed E-state index contributed by atoms with van der Waals surface area (Å²) in [6.45, 7) is 10.8. The number of halogens is 1. The number of amides is 1. The minimum absolute atomic E-state index is 0.248. The number of hydrogen-bond donors (Lipinski definition) is 1. The Labute approximate surface area is 190 Å². The molecule has 1 aliphatic heterocycles. The Morgan fingerprint density at radius 2 is 1.87 bits per heavy atom. The van der Waals surface area contributed by atoms with Crippen molar-refractivity contribution in [3.63, 3.8) is 0 Å². The number of nitrogens with zero attached hydrogens (tertiary/aromatic N) is 2.